The summed E-state index contributed by atoms with van der Waals surface area (Å²) in [6.45, 7) is 10.3. The molecule has 0 saturated heterocycles. The molecule has 1 atom stereocenters. The summed E-state index contributed by atoms with van der Waals surface area (Å²) >= 11 is 0. The fourth-order valence-corrected chi connectivity index (χ4v) is 4.02. The van der Waals surface area contributed by atoms with Crippen molar-refractivity contribution in [2.75, 3.05) is 13.7 Å². The Bertz CT molecular complexity index is 847. The Hall–Kier alpha value is -2.70. The van der Waals surface area contributed by atoms with Crippen LogP contribution in [0.2, 0.25) is 0 Å². The van der Waals surface area contributed by atoms with E-state index in [1.807, 2.05) is 32.0 Å². The second-order valence-corrected chi connectivity index (χ2v) is 9.35. The van der Waals surface area contributed by atoms with Gasteiger partial charge in [-0.3, -0.25) is 0 Å². The van der Waals surface area contributed by atoms with Crippen LogP contribution in [0.5, 0.6) is 11.5 Å². The zero-order valence-corrected chi connectivity index (χ0v) is 21.7. The minimum absolute atomic E-state index is 0.0604. The molecule has 34 heavy (non-hydrogen) atoms. The van der Waals surface area contributed by atoms with Gasteiger partial charge in [0, 0.05) is 5.70 Å². The summed E-state index contributed by atoms with van der Waals surface area (Å²) in [6.07, 6.45) is 8.25. The van der Waals surface area contributed by atoms with E-state index in [-0.39, 0.29) is 18.1 Å². The molecule has 1 aliphatic heterocycles. The van der Waals surface area contributed by atoms with Crippen LogP contribution in [0.25, 0.3) is 0 Å². The molecule has 2 rings (SSSR count). The molecule has 0 aromatic heterocycles. The van der Waals surface area contributed by atoms with Gasteiger partial charge in [-0.15, -0.1) is 0 Å². The number of allylic oxidation sites excluding steroid dienone is 1. The van der Waals surface area contributed by atoms with Gasteiger partial charge in [-0.25, -0.2) is 9.59 Å². The number of hydrogen-bond donors (Lipinski definition) is 2. The van der Waals surface area contributed by atoms with Crippen LogP contribution < -0.4 is 20.1 Å². The first kappa shape index (κ1) is 27.5. The quantitative estimate of drug-likeness (QED) is 0.254. The minimum Gasteiger partial charge on any atom is -0.493 e. The van der Waals surface area contributed by atoms with Gasteiger partial charge in [0.2, 0.25) is 0 Å². The Labute approximate surface area is 204 Å². The third kappa shape index (κ3) is 7.96. The van der Waals surface area contributed by atoms with Crippen LogP contribution in [0.4, 0.5) is 4.79 Å². The van der Waals surface area contributed by atoms with E-state index in [2.05, 4.69) is 17.6 Å². The monoisotopic (exact) mass is 474 g/mol. The van der Waals surface area contributed by atoms with Crippen LogP contribution >= 0.6 is 0 Å². The number of amides is 2. The van der Waals surface area contributed by atoms with Gasteiger partial charge in [0.05, 0.1) is 31.4 Å². The largest absolute Gasteiger partial charge is 0.493 e. The predicted molar refractivity (Wildman–Crippen MR) is 134 cm³/mol. The van der Waals surface area contributed by atoms with Crippen LogP contribution in [0, 0.1) is 5.92 Å². The lowest BCUT2D eigenvalue weighted by molar-refractivity contribution is -0.143. The second-order valence-electron chi connectivity index (χ2n) is 9.35. The molecule has 0 radical (unpaired) electrons. The average Bonchev–Trinajstić information content (AvgIpc) is 2.79. The third-order valence-electron chi connectivity index (χ3n) is 5.77. The molecule has 0 fully saturated rings. The smallest absolute Gasteiger partial charge is 0.338 e. The number of hydrogen-bond acceptors (Lipinski definition) is 5. The zero-order valence-electron chi connectivity index (χ0n) is 21.7. The summed E-state index contributed by atoms with van der Waals surface area (Å²) < 4.78 is 17.1. The molecular formula is C27H42N2O5. The van der Waals surface area contributed by atoms with Crippen molar-refractivity contribution in [3.63, 3.8) is 0 Å². The van der Waals surface area contributed by atoms with Crippen molar-refractivity contribution >= 4 is 12.0 Å². The first-order valence-corrected chi connectivity index (χ1v) is 12.6. The van der Waals surface area contributed by atoms with E-state index < -0.39 is 12.0 Å². The van der Waals surface area contributed by atoms with Gasteiger partial charge in [-0.2, -0.15) is 0 Å². The first-order chi connectivity index (χ1) is 16.3. The van der Waals surface area contributed by atoms with E-state index in [4.69, 9.17) is 14.2 Å². The molecule has 0 aliphatic carbocycles. The van der Waals surface area contributed by atoms with Gasteiger partial charge >= 0.3 is 12.0 Å². The van der Waals surface area contributed by atoms with E-state index in [0.29, 0.717) is 29.4 Å². The summed E-state index contributed by atoms with van der Waals surface area (Å²) in [5.41, 5.74) is 1.70. The zero-order chi connectivity index (χ0) is 25.1. The lowest BCUT2D eigenvalue weighted by Gasteiger charge is -2.31. The van der Waals surface area contributed by atoms with Crippen LogP contribution in [0.15, 0.2) is 29.5 Å². The summed E-state index contributed by atoms with van der Waals surface area (Å²) in [7, 11) is 1.59. The van der Waals surface area contributed by atoms with Crippen molar-refractivity contribution in [2.45, 2.75) is 91.7 Å². The molecule has 7 heteroatoms. The molecule has 1 aromatic rings. The minimum atomic E-state index is -0.650. The van der Waals surface area contributed by atoms with Crippen LogP contribution in [-0.4, -0.2) is 31.8 Å². The molecule has 0 bridgehead atoms. The summed E-state index contributed by atoms with van der Waals surface area (Å²) in [5, 5.41) is 5.66. The van der Waals surface area contributed by atoms with Crippen molar-refractivity contribution in [3.05, 3.63) is 35.0 Å². The fourth-order valence-electron chi connectivity index (χ4n) is 4.02. The normalized spacial score (nSPS) is 15.9. The lowest BCUT2D eigenvalue weighted by Crippen LogP contribution is -2.47. The molecule has 190 valence electrons. The number of carbonyl (C=O) groups excluding carboxylic acids is 2. The standard InChI is InChI=1S/C27H42N2O5/c1-7-8-9-10-11-12-13-16-33-21-15-14-20(17-22(21)32-6)25-23(26(30)34-19(4)5)24(18(2)3)28-27(31)29-25/h14-15,17-19,25H,7-13,16H2,1-6H3,(H2,28,29,31). The highest BCUT2D eigenvalue weighted by atomic mass is 16.5. The molecule has 0 spiro atoms. The Morgan fingerprint density at radius 3 is 2.29 bits per heavy atom. The van der Waals surface area contributed by atoms with Gasteiger partial charge in [-0.1, -0.05) is 65.4 Å². The maximum Gasteiger partial charge on any atom is 0.338 e. The maximum atomic E-state index is 13.0. The molecule has 2 N–H and O–H groups in total. The van der Waals surface area contributed by atoms with Crippen molar-refractivity contribution in [1.29, 1.82) is 0 Å². The van der Waals surface area contributed by atoms with E-state index in [0.717, 1.165) is 18.4 Å². The number of urea groups is 1. The number of benzene rings is 1. The number of carbonyl (C=O) groups is 2. The Balaban J connectivity index is 2.17. The van der Waals surface area contributed by atoms with Gasteiger partial charge in [0.15, 0.2) is 11.5 Å². The van der Waals surface area contributed by atoms with E-state index in [1.54, 1.807) is 21.0 Å². The number of rotatable bonds is 14. The molecule has 1 aromatic carbocycles. The Morgan fingerprint density at radius 1 is 1.00 bits per heavy atom. The topological polar surface area (TPSA) is 85.9 Å². The second kappa shape index (κ2) is 13.9. The van der Waals surface area contributed by atoms with Crippen molar-refractivity contribution in [2.24, 2.45) is 5.92 Å². The highest BCUT2D eigenvalue weighted by Crippen LogP contribution is 2.36. The van der Waals surface area contributed by atoms with Gasteiger partial charge in [0.1, 0.15) is 0 Å². The third-order valence-corrected chi connectivity index (χ3v) is 5.77. The molecule has 0 saturated carbocycles. The van der Waals surface area contributed by atoms with E-state index in [1.165, 1.54) is 32.1 Å². The van der Waals surface area contributed by atoms with Gasteiger partial charge in [-0.05, 0) is 43.9 Å². The SMILES string of the molecule is CCCCCCCCCOc1ccc(C2NC(=O)NC(C(C)C)=C2C(=O)OC(C)C)cc1OC. The molecule has 1 aliphatic rings. The van der Waals surface area contributed by atoms with E-state index in [9.17, 15) is 9.59 Å². The predicted octanol–water partition coefficient (Wildman–Crippen LogP) is 6.04. The highest BCUT2D eigenvalue weighted by molar-refractivity contribution is 5.95. The molecule has 2 amide bonds. The molecule has 1 unspecified atom stereocenters. The summed E-state index contributed by atoms with van der Waals surface area (Å²) in [6, 6.07) is 4.51. The number of esters is 1. The Kier molecular flexibility index (Phi) is 11.2. The molecule has 7 nitrogen and oxygen atoms in total. The lowest BCUT2D eigenvalue weighted by atomic mass is 9.91. The van der Waals surface area contributed by atoms with Crippen LogP contribution in [0.3, 0.4) is 0 Å². The number of nitrogens with one attached hydrogen (secondary N) is 2. The van der Waals surface area contributed by atoms with Crippen LogP contribution in [-0.2, 0) is 9.53 Å². The van der Waals surface area contributed by atoms with Crippen molar-refractivity contribution in [1.82, 2.24) is 10.6 Å². The average molecular weight is 475 g/mol. The number of unbranched alkanes of at least 4 members (excludes halogenated alkanes) is 6. The summed E-state index contributed by atoms with van der Waals surface area (Å²) in [4.78, 5) is 25.4. The number of ether oxygens (including phenoxy) is 3. The van der Waals surface area contributed by atoms with Crippen LogP contribution in [0.1, 0.15) is 91.2 Å². The van der Waals surface area contributed by atoms with E-state index >= 15 is 0 Å². The number of methoxy groups -OCH3 is 1. The first-order valence-electron chi connectivity index (χ1n) is 12.6. The van der Waals surface area contributed by atoms with Gasteiger partial charge in [0.25, 0.3) is 0 Å². The van der Waals surface area contributed by atoms with Crippen molar-refractivity contribution < 1.29 is 23.8 Å². The Morgan fingerprint density at radius 2 is 1.68 bits per heavy atom. The van der Waals surface area contributed by atoms with Crippen molar-refractivity contribution in [3.8, 4) is 11.5 Å². The molecular weight excluding hydrogens is 432 g/mol. The maximum absolute atomic E-state index is 13.0. The molecule has 1 heterocycles. The highest BCUT2D eigenvalue weighted by Gasteiger charge is 2.35. The fraction of sp³-hybridized carbons (Fsp3) is 0.630. The summed E-state index contributed by atoms with van der Waals surface area (Å²) in [5.74, 6) is 0.705. The van der Waals surface area contributed by atoms with Gasteiger partial charge < -0.3 is 24.8 Å².